The number of hydrogen-bond donors (Lipinski definition) is 3. The average Bonchev–Trinajstić information content (AvgIpc) is 3.30. The lowest BCUT2D eigenvalue weighted by atomic mass is 9.84. The second-order valence-electron chi connectivity index (χ2n) is 7.27. The summed E-state index contributed by atoms with van der Waals surface area (Å²) in [5.74, 6) is 1.53. The molecule has 1 heterocycles. The fourth-order valence-corrected chi connectivity index (χ4v) is 5.02. The quantitative estimate of drug-likeness (QED) is 0.530. The smallest absolute Gasteiger partial charge is 0.182 e. The lowest BCUT2D eigenvalue weighted by molar-refractivity contribution is -0.0841. The summed E-state index contributed by atoms with van der Waals surface area (Å²) in [6, 6.07) is 7.51. The van der Waals surface area contributed by atoms with Gasteiger partial charge in [0.05, 0.1) is 5.94 Å². The average molecular weight is 363 g/mol. The molecule has 4 rings (SSSR count). The molecular formula is C19H25NO4S. The molecule has 1 aromatic carbocycles. The Kier molecular flexibility index (Phi) is 4.92. The molecule has 7 unspecified atom stereocenters. The molecule has 0 amide bonds. The van der Waals surface area contributed by atoms with Crippen LogP contribution in [0.25, 0.3) is 0 Å². The number of fused-ring (bicyclic) bond motifs is 5. The molecule has 5 nitrogen and oxygen atoms in total. The lowest BCUT2D eigenvalue weighted by Crippen LogP contribution is -2.38. The third kappa shape index (κ3) is 3.05. The summed E-state index contributed by atoms with van der Waals surface area (Å²) in [5, 5.41) is 31.4. The van der Waals surface area contributed by atoms with E-state index >= 15 is 0 Å². The molecular weight excluding hydrogens is 338 g/mol. The van der Waals surface area contributed by atoms with Gasteiger partial charge in [0.15, 0.2) is 6.29 Å². The van der Waals surface area contributed by atoms with E-state index in [9.17, 15) is 15.3 Å². The number of benzene rings is 1. The van der Waals surface area contributed by atoms with E-state index in [2.05, 4.69) is 12.2 Å². The Morgan fingerprint density at radius 3 is 2.28 bits per heavy atom. The Labute approximate surface area is 152 Å². The zero-order valence-corrected chi connectivity index (χ0v) is 15.0. The van der Waals surface area contributed by atoms with Gasteiger partial charge in [-0.2, -0.15) is 0 Å². The molecule has 7 atom stereocenters. The van der Waals surface area contributed by atoms with E-state index in [1.54, 1.807) is 4.90 Å². The number of rotatable bonds is 6. The second kappa shape index (κ2) is 7.02. The van der Waals surface area contributed by atoms with Crippen LogP contribution in [0.2, 0.25) is 0 Å². The first kappa shape index (κ1) is 17.5. The minimum Gasteiger partial charge on any atom is -0.378 e. The topological polar surface area (TPSA) is 73.2 Å². The van der Waals surface area contributed by atoms with E-state index in [1.807, 2.05) is 30.5 Å². The van der Waals surface area contributed by atoms with Crippen molar-refractivity contribution in [1.29, 1.82) is 0 Å². The van der Waals surface area contributed by atoms with Crippen LogP contribution in [0.1, 0.15) is 23.8 Å². The van der Waals surface area contributed by atoms with Crippen molar-refractivity contribution in [2.75, 3.05) is 12.2 Å². The van der Waals surface area contributed by atoms with Gasteiger partial charge in [-0.3, -0.25) is 0 Å². The Balaban J connectivity index is 1.42. The van der Waals surface area contributed by atoms with E-state index in [4.69, 9.17) is 4.74 Å². The standard InChI is InChI=1S/C19H25NO4S/c1-25-10-24-19(23)12-4-2-11(3-5-12)9-20-17(21)15-13-6-7-14(8-13)16(15)18(20)22/h2-7,13-19,21-23H,8-10H2,1H3. The highest BCUT2D eigenvalue weighted by atomic mass is 32.2. The van der Waals surface area contributed by atoms with Crippen LogP contribution in [0.4, 0.5) is 0 Å². The highest BCUT2D eigenvalue weighted by molar-refractivity contribution is 7.98. The number of aliphatic hydroxyl groups excluding tert-OH is 3. The number of thioether (sulfide) groups is 1. The van der Waals surface area contributed by atoms with Crippen LogP contribution in [0, 0.1) is 23.7 Å². The SMILES string of the molecule is CSCOC(O)c1ccc(CN2C(O)C3C4C=CC(C4)C3C2O)cc1. The van der Waals surface area contributed by atoms with Gasteiger partial charge in [0.1, 0.15) is 12.5 Å². The molecule has 0 radical (unpaired) electrons. The normalized spacial score (nSPS) is 37.6. The summed E-state index contributed by atoms with van der Waals surface area (Å²) in [5.41, 5.74) is 1.71. The largest absolute Gasteiger partial charge is 0.378 e. The molecule has 25 heavy (non-hydrogen) atoms. The van der Waals surface area contributed by atoms with Gasteiger partial charge < -0.3 is 20.1 Å². The van der Waals surface area contributed by atoms with Crippen LogP contribution in [-0.2, 0) is 11.3 Å². The molecule has 1 aromatic rings. The molecule has 2 fully saturated rings. The highest BCUT2D eigenvalue weighted by Crippen LogP contribution is 2.55. The summed E-state index contributed by atoms with van der Waals surface area (Å²) in [4.78, 5) is 1.80. The van der Waals surface area contributed by atoms with Crippen molar-refractivity contribution in [1.82, 2.24) is 4.90 Å². The molecule has 136 valence electrons. The van der Waals surface area contributed by atoms with E-state index in [1.165, 1.54) is 11.8 Å². The summed E-state index contributed by atoms with van der Waals surface area (Å²) in [6.07, 6.45) is 5.27. The molecule has 2 aliphatic carbocycles. The van der Waals surface area contributed by atoms with Gasteiger partial charge in [0, 0.05) is 23.9 Å². The molecule has 3 aliphatic rings. The third-order valence-electron chi connectivity index (χ3n) is 5.92. The summed E-state index contributed by atoms with van der Waals surface area (Å²) in [6.45, 7) is 0.497. The van der Waals surface area contributed by atoms with Gasteiger partial charge >= 0.3 is 0 Å². The molecule has 2 bridgehead atoms. The molecule has 0 spiro atoms. The van der Waals surface area contributed by atoms with Crippen molar-refractivity contribution in [3.05, 3.63) is 47.5 Å². The fraction of sp³-hybridized carbons (Fsp3) is 0.579. The van der Waals surface area contributed by atoms with Gasteiger partial charge in [0.2, 0.25) is 0 Å². The van der Waals surface area contributed by atoms with Crippen molar-refractivity contribution >= 4 is 11.8 Å². The molecule has 0 aromatic heterocycles. The van der Waals surface area contributed by atoms with Crippen LogP contribution in [-0.4, -0.2) is 44.9 Å². The van der Waals surface area contributed by atoms with Crippen LogP contribution in [0.5, 0.6) is 0 Å². The van der Waals surface area contributed by atoms with E-state index < -0.39 is 18.7 Å². The second-order valence-corrected chi connectivity index (χ2v) is 8.08. The first-order valence-electron chi connectivity index (χ1n) is 8.78. The Hall–Kier alpha value is -0.890. The van der Waals surface area contributed by atoms with Crippen molar-refractivity contribution in [2.24, 2.45) is 23.7 Å². The predicted molar refractivity (Wildman–Crippen MR) is 96.1 cm³/mol. The van der Waals surface area contributed by atoms with E-state index in [-0.39, 0.29) is 11.8 Å². The van der Waals surface area contributed by atoms with Crippen LogP contribution >= 0.6 is 11.8 Å². The first-order chi connectivity index (χ1) is 12.1. The monoisotopic (exact) mass is 363 g/mol. The molecule has 3 N–H and O–H groups in total. The number of hydrogen-bond acceptors (Lipinski definition) is 6. The summed E-state index contributed by atoms with van der Waals surface area (Å²) in [7, 11) is 0. The fourth-order valence-electron chi connectivity index (χ4n) is 4.75. The Morgan fingerprint density at radius 2 is 1.72 bits per heavy atom. The van der Waals surface area contributed by atoms with Gasteiger partial charge in [0.25, 0.3) is 0 Å². The lowest BCUT2D eigenvalue weighted by Gasteiger charge is -2.27. The molecule has 6 heteroatoms. The maximum atomic E-state index is 10.7. The summed E-state index contributed by atoms with van der Waals surface area (Å²) >= 11 is 1.51. The summed E-state index contributed by atoms with van der Waals surface area (Å²) < 4.78 is 5.29. The predicted octanol–water partition coefficient (Wildman–Crippen LogP) is 1.91. The Bertz CT molecular complexity index is 613. The number of ether oxygens (including phenoxy) is 1. The minimum atomic E-state index is -0.925. The third-order valence-corrected chi connectivity index (χ3v) is 6.30. The molecule has 1 saturated heterocycles. The maximum Gasteiger partial charge on any atom is 0.182 e. The number of allylic oxidation sites excluding steroid dienone is 2. The van der Waals surface area contributed by atoms with Gasteiger partial charge in [-0.05, 0) is 30.1 Å². The zero-order chi connectivity index (χ0) is 17.6. The van der Waals surface area contributed by atoms with Crippen LogP contribution in [0.3, 0.4) is 0 Å². The van der Waals surface area contributed by atoms with Crippen molar-refractivity contribution in [3.63, 3.8) is 0 Å². The van der Waals surface area contributed by atoms with Gasteiger partial charge in [-0.25, -0.2) is 4.90 Å². The first-order valence-corrected chi connectivity index (χ1v) is 10.2. The Morgan fingerprint density at radius 1 is 1.12 bits per heavy atom. The van der Waals surface area contributed by atoms with Gasteiger partial charge in [-0.1, -0.05) is 36.4 Å². The minimum absolute atomic E-state index is 0.144. The molecule has 1 saturated carbocycles. The number of aliphatic hydroxyl groups is 3. The van der Waals surface area contributed by atoms with Crippen molar-refractivity contribution < 1.29 is 20.1 Å². The number of nitrogens with zero attached hydrogens (tertiary/aromatic N) is 1. The van der Waals surface area contributed by atoms with Crippen molar-refractivity contribution in [2.45, 2.75) is 31.7 Å². The highest BCUT2D eigenvalue weighted by Gasteiger charge is 2.58. The zero-order valence-electron chi connectivity index (χ0n) is 14.2. The number of likely N-dealkylation sites (tertiary alicyclic amines) is 1. The van der Waals surface area contributed by atoms with Gasteiger partial charge in [-0.15, -0.1) is 11.8 Å². The van der Waals surface area contributed by atoms with Crippen LogP contribution < -0.4 is 0 Å². The maximum absolute atomic E-state index is 10.7. The van der Waals surface area contributed by atoms with E-state index in [0.717, 1.165) is 12.0 Å². The van der Waals surface area contributed by atoms with Crippen LogP contribution in [0.15, 0.2) is 36.4 Å². The van der Waals surface area contributed by atoms with E-state index in [0.29, 0.717) is 29.9 Å². The van der Waals surface area contributed by atoms with Crippen molar-refractivity contribution in [3.8, 4) is 0 Å². The molecule has 1 aliphatic heterocycles.